The van der Waals surface area contributed by atoms with Crippen LogP contribution in [0.4, 0.5) is 17.3 Å². The molecule has 4 rings (SSSR count). The molecule has 0 unspecified atom stereocenters. The Morgan fingerprint density at radius 3 is 1.88 bits per heavy atom. The predicted molar refractivity (Wildman–Crippen MR) is 126 cm³/mol. The zero-order valence-electron chi connectivity index (χ0n) is 19.3. The van der Waals surface area contributed by atoms with Gasteiger partial charge in [0.15, 0.2) is 0 Å². The predicted octanol–water partition coefficient (Wildman–Crippen LogP) is 2.72. The number of rotatable bonds is 4. The average molecular weight is 475 g/mol. The highest BCUT2D eigenvalue weighted by Crippen LogP contribution is 2.17. The fourth-order valence-electron chi connectivity index (χ4n) is 2.21. The Labute approximate surface area is 196 Å². The van der Waals surface area contributed by atoms with E-state index < -0.39 is 0 Å². The van der Waals surface area contributed by atoms with Crippen LogP contribution in [0.15, 0.2) is 36.9 Å². The second-order valence-electron chi connectivity index (χ2n) is 6.49. The van der Waals surface area contributed by atoms with Gasteiger partial charge in [0.1, 0.15) is 0 Å². The van der Waals surface area contributed by atoms with Gasteiger partial charge in [-0.15, -0.1) is 0 Å². The number of anilines is 3. The third kappa shape index (κ3) is 7.61. The van der Waals surface area contributed by atoms with E-state index in [-0.39, 0.29) is 5.28 Å². The van der Waals surface area contributed by atoms with E-state index in [1.807, 2.05) is 27.9 Å². The zero-order valence-corrected chi connectivity index (χ0v) is 20.1. The van der Waals surface area contributed by atoms with Gasteiger partial charge in [-0.25, -0.2) is 9.97 Å². The van der Waals surface area contributed by atoms with Gasteiger partial charge in [-0.05, 0) is 25.4 Å². The van der Waals surface area contributed by atoms with Crippen molar-refractivity contribution in [2.24, 2.45) is 14.1 Å². The van der Waals surface area contributed by atoms with Gasteiger partial charge < -0.3 is 20.5 Å². The second-order valence-corrected chi connectivity index (χ2v) is 6.83. The maximum absolute atomic E-state index is 5.46. The lowest BCUT2D eigenvalue weighted by molar-refractivity contribution is 0.397. The molecule has 0 fully saturated rings. The van der Waals surface area contributed by atoms with E-state index >= 15 is 0 Å². The van der Waals surface area contributed by atoms with Crippen LogP contribution in [0.1, 0.15) is 11.4 Å². The molecule has 0 amide bonds. The summed E-state index contributed by atoms with van der Waals surface area (Å²) in [5, 5.41) is 11.3. The zero-order chi connectivity index (χ0) is 24.4. The van der Waals surface area contributed by atoms with Gasteiger partial charge in [-0.2, -0.15) is 20.2 Å². The number of nitrogens with one attached hydrogen (secondary N) is 1. The highest BCUT2D eigenvalue weighted by Gasteiger charge is 2.05. The molecule has 0 aliphatic heterocycles. The number of hydrogen-bond donors (Lipinski definition) is 2. The van der Waals surface area contributed by atoms with Crippen LogP contribution in [0.5, 0.6) is 11.8 Å². The van der Waals surface area contributed by atoms with Crippen molar-refractivity contribution >= 4 is 28.9 Å². The van der Waals surface area contributed by atoms with E-state index in [1.165, 1.54) is 13.3 Å². The minimum atomic E-state index is 0.203. The number of aryl methyl sites for hydroxylation is 2. The van der Waals surface area contributed by atoms with Gasteiger partial charge in [0.05, 0.1) is 49.4 Å². The molecule has 12 nitrogen and oxygen atoms in total. The number of nitrogen functional groups attached to an aromatic ring is 1. The summed E-state index contributed by atoms with van der Waals surface area (Å²) in [6, 6.07) is 3.33. The molecule has 3 N–H and O–H groups in total. The molecule has 0 aliphatic carbocycles. The fraction of sp³-hybridized carbons (Fsp3) is 0.300. The molecule has 0 spiro atoms. The van der Waals surface area contributed by atoms with Crippen LogP contribution in [0.3, 0.4) is 0 Å². The lowest BCUT2D eigenvalue weighted by atomic mass is 10.4. The molecule has 0 bridgehead atoms. The smallest absolute Gasteiger partial charge is 0.230 e. The van der Waals surface area contributed by atoms with Crippen LogP contribution in [0.2, 0.25) is 5.28 Å². The minimum Gasteiger partial charge on any atom is -0.481 e. The summed E-state index contributed by atoms with van der Waals surface area (Å²) in [7, 11) is 6.85. The van der Waals surface area contributed by atoms with Crippen molar-refractivity contribution in [2.75, 3.05) is 25.3 Å². The molecular formula is C20H27ClN10O2. The first kappa shape index (κ1) is 25.3. The summed E-state index contributed by atoms with van der Waals surface area (Å²) in [5.41, 5.74) is 9.14. The Kier molecular flexibility index (Phi) is 9.36. The van der Waals surface area contributed by atoms with E-state index in [1.54, 1.807) is 47.2 Å². The van der Waals surface area contributed by atoms with Gasteiger partial charge >= 0.3 is 0 Å². The number of methoxy groups -OCH3 is 2. The summed E-state index contributed by atoms with van der Waals surface area (Å²) in [5.74, 6) is 1.50. The third-order valence-corrected chi connectivity index (χ3v) is 4.59. The third-order valence-electron chi connectivity index (χ3n) is 4.40. The first-order valence-corrected chi connectivity index (χ1v) is 10.0. The van der Waals surface area contributed by atoms with Crippen molar-refractivity contribution in [2.45, 2.75) is 13.8 Å². The molecule has 0 saturated heterocycles. The van der Waals surface area contributed by atoms with Crippen LogP contribution < -0.4 is 20.5 Å². The standard InChI is InChI=1S/C10H13N5O.C5H5ClN2O.C5H9N3/c1-7-8(6-12-15(7)2)13-10-11-5-4-9(14-10)16-3;1-9-4-2-3-7-5(6)8-4;1-4-5(6)3-7-8(4)2/h4-6H,1-3H3,(H,11,13,14);2-3H,1H3;3H,6H2,1-2H3. The largest absolute Gasteiger partial charge is 0.481 e. The number of nitrogens with two attached hydrogens (primary N) is 1. The van der Waals surface area contributed by atoms with E-state index in [2.05, 4.69) is 35.5 Å². The second kappa shape index (κ2) is 12.2. The molecule has 0 aliphatic rings. The fourth-order valence-corrected chi connectivity index (χ4v) is 2.35. The van der Waals surface area contributed by atoms with Gasteiger partial charge in [-0.3, -0.25) is 9.36 Å². The monoisotopic (exact) mass is 474 g/mol. The SMILES string of the molecule is COc1ccnc(Cl)n1.COc1ccnc(Nc2cnn(C)c2C)n1.Cc1c(N)cnn1C. The van der Waals surface area contributed by atoms with Crippen molar-refractivity contribution < 1.29 is 9.47 Å². The van der Waals surface area contributed by atoms with Crippen LogP contribution in [0.25, 0.3) is 0 Å². The first-order chi connectivity index (χ1) is 15.7. The van der Waals surface area contributed by atoms with Crippen molar-refractivity contribution in [3.05, 3.63) is 53.6 Å². The van der Waals surface area contributed by atoms with Gasteiger partial charge in [0.2, 0.25) is 23.0 Å². The molecule has 0 radical (unpaired) electrons. The van der Waals surface area contributed by atoms with Gasteiger partial charge in [-0.1, -0.05) is 0 Å². The molecule has 4 heterocycles. The van der Waals surface area contributed by atoms with E-state index in [0.717, 1.165) is 22.8 Å². The summed E-state index contributed by atoms with van der Waals surface area (Å²) >= 11 is 5.42. The van der Waals surface area contributed by atoms with E-state index in [0.29, 0.717) is 17.7 Å². The van der Waals surface area contributed by atoms with Crippen LogP contribution >= 0.6 is 11.6 Å². The van der Waals surface area contributed by atoms with Gasteiger partial charge in [0.25, 0.3) is 0 Å². The number of ether oxygens (including phenoxy) is 2. The lowest BCUT2D eigenvalue weighted by Gasteiger charge is -2.04. The Balaban J connectivity index is 0.000000192. The molecule has 0 saturated carbocycles. The number of halogens is 1. The number of nitrogens with zero attached hydrogens (tertiary/aromatic N) is 8. The molecule has 13 heteroatoms. The Morgan fingerprint density at radius 1 is 0.879 bits per heavy atom. The highest BCUT2D eigenvalue weighted by atomic mass is 35.5. The minimum absolute atomic E-state index is 0.203. The van der Waals surface area contributed by atoms with Crippen molar-refractivity contribution in [3.63, 3.8) is 0 Å². The maximum Gasteiger partial charge on any atom is 0.230 e. The number of aromatic nitrogens is 8. The van der Waals surface area contributed by atoms with E-state index in [4.69, 9.17) is 26.8 Å². The molecule has 0 aromatic carbocycles. The quantitative estimate of drug-likeness (QED) is 0.423. The van der Waals surface area contributed by atoms with Gasteiger partial charge in [0, 0.05) is 38.6 Å². The lowest BCUT2D eigenvalue weighted by Crippen LogP contribution is -1.99. The Hall–Kier alpha value is -3.93. The Bertz CT molecular complexity index is 1140. The van der Waals surface area contributed by atoms with Crippen molar-refractivity contribution in [1.82, 2.24) is 39.5 Å². The number of hydrogen-bond acceptors (Lipinski definition) is 10. The van der Waals surface area contributed by atoms with Crippen LogP contribution in [-0.2, 0) is 14.1 Å². The molecular weight excluding hydrogens is 448 g/mol. The highest BCUT2D eigenvalue weighted by molar-refractivity contribution is 6.28. The van der Waals surface area contributed by atoms with Crippen molar-refractivity contribution in [1.29, 1.82) is 0 Å². The maximum atomic E-state index is 5.46. The normalized spacial score (nSPS) is 9.79. The summed E-state index contributed by atoms with van der Waals surface area (Å²) in [6.45, 7) is 3.90. The van der Waals surface area contributed by atoms with Crippen molar-refractivity contribution in [3.8, 4) is 11.8 Å². The van der Waals surface area contributed by atoms with E-state index in [9.17, 15) is 0 Å². The molecule has 176 valence electrons. The van der Waals surface area contributed by atoms with Crippen LogP contribution in [-0.4, -0.2) is 53.7 Å². The summed E-state index contributed by atoms with van der Waals surface area (Å²) in [6.07, 6.45) is 6.56. The first-order valence-electron chi connectivity index (χ1n) is 9.64. The molecule has 0 atom stereocenters. The molecule has 4 aromatic heterocycles. The summed E-state index contributed by atoms with van der Waals surface area (Å²) < 4.78 is 13.3. The topological polar surface area (TPSA) is 144 Å². The molecule has 4 aromatic rings. The average Bonchev–Trinajstić information content (AvgIpc) is 3.30. The summed E-state index contributed by atoms with van der Waals surface area (Å²) in [4.78, 5) is 15.6. The molecule has 33 heavy (non-hydrogen) atoms. The Morgan fingerprint density at radius 2 is 1.45 bits per heavy atom. The van der Waals surface area contributed by atoms with Crippen LogP contribution in [0, 0.1) is 13.8 Å².